The summed E-state index contributed by atoms with van der Waals surface area (Å²) >= 11 is 1.86. The summed E-state index contributed by atoms with van der Waals surface area (Å²) in [5.74, 6) is 0. The molecular weight excluding hydrogens is 553 g/mol. The molecular formula is C42H26OS. The molecule has 0 aliphatic carbocycles. The minimum atomic E-state index is 0.914. The van der Waals surface area contributed by atoms with Crippen LogP contribution in [-0.4, -0.2) is 0 Å². The van der Waals surface area contributed by atoms with Crippen molar-refractivity contribution in [1.82, 2.24) is 0 Å². The predicted octanol–water partition coefficient (Wildman–Crippen LogP) is 12.6. The number of hydrogen-bond donors (Lipinski definition) is 0. The maximum Gasteiger partial charge on any atom is 0.143 e. The molecule has 1 nitrogen and oxygen atoms in total. The zero-order valence-electron chi connectivity index (χ0n) is 23.8. The first-order valence-electron chi connectivity index (χ1n) is 14.9. The smallest absolute Gasteiger partial charge is 0.143 e. The van der Waals surface area contributed by atoms with Crippen molar-refractivity contribution in [3.63, 3.8) is 0 Å². The average Bonchev–Trinajstić information content (AvgIpc) is 3.67. The lowest BCUT2D eigenvalue weighted by Gasteiger charge is -2.11. The number of para-hydroxylation sites is 1. The minimum Gasteiger partial charge on any atom is -0.455 e. The zero-order valence-corrected chi connectivity index (χ0v) is 24.6. The van der Waals surface area contributed by atoms with Crippen LogP contribution in [0.3, 0.4) is 0 Å². The first-order valence-corrected chi connectivity index (χ1v) is 15.7. The van der Waals surface area contributed by atoms with Crippen molar-refractivity contribution in [2.24, 2.45) is 0 Å². The molecule has 0 N–H and O–H groups in total. The lowest BCUT2D eigenvalue weighted by molar-refractivity contribution is 0.670. The standard InChI is InChI=1S/C42H26OS/c1-2-10-27(11-3-1)28-20-22-29(23-21-28)30-12-8-13-31(24-30)32-25-37-33-14-4-6-18-39(33)43-41(37)38(26-32)36-17-9-16-35-34-15-5-7-19-40(34)44-42(35)36/h1-26H. The van der Waals surface area contributed by atoms with Gasteiger partial charge in [-0.25, -0.2) is 0 Å². The van der Waals surface area contributed by atoms with Gasteiger partial charge in [-0.1, -0.05) is 127 Å². The van der Waals surface area contributed by atoms with Gasteiger partial charge in [0.1, 0.15) is 11.2 Å². The number of fused-ring (bicyclic) bond motifs is 6. The van der Waals surface area contributed by atoms with Gasteiger partial charge in [0.25, 0.3) is 0 Å². The van der Waals surface area contributed by atoms with E-state index in [1.165, 1.54) is 59.1 Å². The third-order valence-corrected chi connectivity index (χ3v) is 9.91. The number of furan rings is 1. The molecule has 2 aromatic heterocycles. The molecule has 9 aromatic rings. The summed E-state index contributed by atoms with van der Waals surface area (Å²) in [6, 6.07) is 56.7. The zero-order chi connectivity index (χ0) is 29.0. The fraction of sp³-hybridized carbons (Fsp3) is 0. The monoisotopic (exact) mass is 578 g/mol. The molecule has 0 aliphatic rings. The van der Waals surface area contributed by atoms with Gasteiger partial charge in [-0.2, -0.15) is 0 Å². The van der Waals surface area contributed by atoms with E-state index < -0.39 is 0 Å². The van der Waals surface area contributed by atoms with Gasteiger partial charge < -0.3 is 4.42 Å². The molecule has 9 rings (SSSR count). The van der Waals surface area contributed by atoms with E-state index in [-0.39, 0.29) is 0 Å². The third-order valence-electron chi connectivity index (χ3n) is 8.69. The van der Waals surface area contributed by atoms with Crippen molar-refractivity contribution < 1.29 is 4.42 Å². The Balaban J connectivity index is 1.23. The first kappa shape index (κ1) is 25.1. The van der Waals surface area contributed by atoms with Gasteiger partial charge in [0.05, 0.1) is 0 Å². The molecule has 0 spiro atoms. The summed E-state index contributed by atoms with van der Waals surface area (Å²) < 4.78 is 9.19. The largest absolute Gasteiger partial charge is 0.455 e. The fourth-order valence-corrected chi connectivity index (χ4v) is 7.75. The van der Waals surface area contributed by atoms with Crippen LogP contribution in [0, 0.1) is 0 Å². The molecule has 2 heterocycles. The van der Waals surface area contributed by atoms with E-state index in [1.807, 2.05) is 17.4 Å². The summed E-state index contributed by atoms with van der Waals surface area (Å²) in [5, 5.41) is 4.88. The van der Waals surface area contributed by atoms with Crippen LogP contribution < -0.4 is 0 Å². The van der Waals surface area contributed by atoms with Gasteiger partial charge in [-0.15, -0.1) is 11.3 Å². The van der Waals surface area contributed by atoms with Crippen molar-refractivity contribution in [3.8, 4) is 44.5 Å². The van der Waals surface area contributed by atoms with E-state index in [1.54, 1.807) is 0 Å². The highest BCUT2D eigenvalue weighted by Gasteiger charge is 2.18. The van der Waals surface area contributed by atoms with Gasteiger partial charge >= 0.3 is 0 Å². The maximum absolute atomic E-state index is 6.60. The molecule has 7 aromatic carbocycles. The number of rotatable bonds is 4. The highest BCUT2D eigenvalue weighted by Crippen LogP contribution is 2.45. The van der Waals surface area contributed by atoms with E-state index in [0.29, 0.717) is 0 Å². The van der Waals surface area contributed by atoms with Gasteiger partial charge in [0.2, 0.25) is 0 Å². The van der Waals surface area contributed by atoms with Gasteiger partial charge in [0, 0.05) is 42.1 Å². The van der Waals surface area contributed by atoms with Gasteiger partial charge in [-0.05, 0) is 63.7 Å². The van der Waals surface area contributed by atoms with Crippen molar-refractivity contribution in [1.29, 1.82) is 0 Å². The van der Waals surface area contributed by atoms with Crippen LogP contribution in [0.15, 0.2) is 162 Å². The van der Waals surface area contributed by atoms with Crippen molar-refractivity contribution in [2.75, 3.05) is 0 Å². The van der Waals surface area contributed by atoms with Crippen LogP contribution in [0.1, 0.15) is 0 Å². The number of thiophene rings is 1. The SMILES string of the molecule is c1ccc(-c2ccc(-c3cccc(-c4cc(-c5cccc6c5sc5ccccc56)c5oc6ccccc6c5c4)c3)cc2)cc1. The molecule has 0 fully saturated rings. The van der Waals surface area contributed by atoms with E-state index in [4.69, 9.17) is 4.42 Å². The summed E-state index contributed by atoms with van der Waals surface area (Å²) in [5.41, 5.74) is 11.4. The van der Waals surface area contributed by atoms with Crippen molar-refractivity contribution in [2.45, 2.75) is 0 Å². The Labute approximate surface area is 259 Å². The van der Waals surface area contributed by atoms with Crippen molar-refractivity contribution >= 4 is 53.4 Å². The molecule has 0 bridgehead atoms. The molecule has 0 unspecified atom stereocenters. The maximum atomic E-state index is 6.60. The summed E-state index contributed by atoms with van der Waals surface area (Å²) in [7, 11) is 0. The summed E-state index contributed by atoms with van der Waals surface area (Å²) in [4.78, 5) is 0. The Morgan fingerprint density at radius 3 is 1.82 bits per heavy atom. The Kier molecular flexibility index (Phi) is 5.75. The van der Waals surface area contributed by atoms with Gasteiger partial charge in [0.15, 0.2) is 0 Å². The van der Waals surface area contributed by atoms with Crippen LogP contribution in [0.25, 0.3) is 86.6 Å². The van der Waals surface area contributed by atoms with E-state index in [9.17, 15) is 0 Å². The Morgan fingerprint density at radius 1 is 0.364 bits per heavy atom. The molecule has 0 radical (unpaired) electrons. The second kappa shape index (κ2) is 10.1. The third kappa shape index (κ3) is 4.07. The topological polar surface area (TPSA) is 13.1 Å². The van der Waals surface area contributed by atoms with Crippen LogP contribution in [-0.2, 0) is 0 Å². The summed E-state index contributed by atoms with van der Waals surface area (Å²) in [6.45, 7) is 0. The Bertz CT molecular complexity index is 2480. The molecule has 0 atom stereocenters. The first-order chi connectivity index (χ1) is 21.8. The lowest BCUT2D eigenvalue weighted by atomic mass is 9.93. The molecule has 0 amide bonds. The minimum absolute atomic E-state index is 0.914. The van der Waals surface area contributed by atoms with Crippen LogP contribution in [0.4, 0.5) is 0 Å². The summed E-state index contributed by atoms with van der Waals surface area (Å²) in [6.07, 6.45) is 0. The Hall–Kier alpha value is -5.44. The lowest BCUT2D eigenvalue weighted by Crippen LogP contribution is -1.86. The highest BCUT2D eigenvalue weighted by atomic mass is 32.1. The molecule has 0 aliphatic heterocycles. The van der Waals surface area contributed by atoms with Crippen LogP contribution in [0.2, 0.25) is 0 Å². The normalized spacial score (nSPS) is 11.6. The van der Waals surface area contributed by atoms with E-state index in [2.05, 4.69) is 152 Å². The second-order valence-electron chi connectivity index (χ2n) is 11.3. The van der Waals surface area contributed by atoms with E-state index in [0.717, 1.165) is 27.5 Å². The quantitative estimate of drug-likeness (QED) is 0.202. The van der Waals surface area contributed by atoms with Crippen molar-refractivity contribution in [3.05, 3.63) is 158 Å². The fourth-order valence-electron chi connectivity index (χ4n) is 6.52. The predicted molar refractivity (Wildman–Crippen MR) is 188 cm³/mol. The molecule has 44 heavy (non-hydrogen) atoms. The van der Waals surface area contributed by atoms with Crippen LogP contribution >= 0.6 is 11.3 Å². The molecule has 0 saturated carbocycles. The Morgan fingerprint density at radius 2 is 0.977 bits per heavy atom. The molecule has 0 saturated heterocycles. The average molecular weight is 579 g/mol. The van der Waals surface area contributed by atoms with E-state index >= 15 is 0 Å². The highest BCUT2D eigenvalue weighted by molar-refractivity contribution is 7.26. The molecule has 206 valence electrons. The van der Waals surface area contributed by atoms with Crippen LogP contribution in [0.5, 0.6) is 0 Å². The number of hydrogen-bond acceptors (Lipinski definition) is 2. The molecule has 2 heteroatoms. The number of benzene rings is 7. The van der Waals surface area contributed by atoms with Gasteiger partial charge in [-0.3, -0.25) is 0 Å². The second-order valence-corrected chi connectivity index (χ2v) is 12.4.